The number of nitrogens with one attached hydrogen (secondary N) is 2. The van der Waals surface area contributed by atoms with Crippen molar-refractivity contribution in [3.8, 4) is 0 Å². The minimum atomic E-state index is -0.437. The van der Waals surface area contributed by atoms with Crippen LogP contribution in [0.4, 0.5) is 5.69 Å². The van der Waals surface area contributed by atoms with Gasteiger partial charge in [0.15, 0.2) is 0 Å². The van der Waals surface area contributed by atoms with Crippen molar-refractivity contribution in [2.45, 2.75) is 17.1 Å². The fourth-order valence-corrected chi connectivity index (χ4v) is 6.43. The fourth-order valence-electron chi connectivity index (χ4n) is 4.87. The van der Waals surface area contributed by atoms with Crippen LogP contribution in [0.25, 0.3) is 27.9 Å². The van der Waals surface area contributed by atoms with Crippen LogP contribution < -0.4 is 10.6 Å². The summed E-state index contributed by atoms with van der Waals surface area (Å²) in [5, 5.41) is 9.29. The number of rotatable bonds is 8. The van der Waals surface area contributed by atoms with Gasteiger partial charge in [-0.15, -0.1) is 23.1 Å². The van der Waals surface area contributed by atoms with Crippen LogP contribution in [-0.4, -0.2) is 27.5 Å². The first kappa shape index (κ1) is 28.2. The molecule has 4 aromatic carbocycles. The molecule has 2 amide bonds. The third-order valence-corrected chi connectivity index (χ3v) is 8.85. The lowest BCUT2D eigenvalue weighted by Gasteiger charge is -2.14. The van der Waals surface area contributed by atoms with E-state index in [-0.39, 0.29) is 22.8 Å². The van der Waals surface area contributed by atoms with Gasteiger partial charge in [0, 0.05) is 31.8 Å². The van der Waals surface area contributed by atoms with Gasteiger partial charge in [0.1, 0.15) is 5.70 Å². The predicted molar refractivity (Wildman–Crippen MR) is 177 cm³/mol. The summed E-state index contributed by atoms with van der Waals surface area (Å²) in [5.41, 5.74) is 2.95. The zero-order chi connectivity index (χ0) is 29.8. The van der Waals surface area contributed by atoms with Crippen molar-refractivity contribution in [2.75, 3.05) is 5.32 Å². The molecule has 0 aliphatic heterocycles. The highest BCUT2D eigenvalue weighted by atomic mass is 32.2. The summed E-state index contributed by atoms with van der Waals surface area (Å²) in [5.74, 6) is -0.808. The summed E-state index contributed by atoms with van der Waals surface area (Å²) in [4.78, 5) is 41.5. The quantitative estimate of drug-likeness (QED) is 0.137. The molecule has 1 atom stereocenters. The fraction of sp³-hybridized carbons (Fsp3) is 0.0571. The van der Waals surface area contributed by atoms with Crippen LogP contribution in [0.2, 0.25) is 0 Å². The number of thioether (sulfide) groups is 1. The molecular weight excluding hydrogens is 575 g/mol. The van der Waals surface area contributed by atoms with E-state index in [4.69, 9.17) is 0 Å². The molecule has 2 heterocycles. The molecule has 0 aliphatic rings. The Hall–Kier alpha value is -4.92. The average molecular weight is 602 g/mol. The predicted octanol–water partition coefficient (Wildman–Crippen LogP) is 8.09. The molecule has 0 fully saturated rings. The topological polar surface area (TPSA) is 80.2 Å². The number of hydrogen-bond acceptors (Lipinski definition) is 5. The highest BCUT2D eigenvalue weighted by Gasteiger charge is 2.22. The number of nitrogens with zero attached hydrogens (tertiary/aromatic N) is 1. The average Bonchev–Trinajstić information content (AvgIpc) is 3.67. The lowest BCUT2D eigenvalue weighted by Crippen LogP contribution is -2.30. The number of benzene rings is 4. The van der Waals surface area contributed by atoms with E-state index in [1.54, 1.807) is 42.5 Å². The standard InChI is InChI=1S/C35H27N3O3S2/c1-23(35(41)38-31-15-7-5-13-28(31)29-14-6-8-16-32(29)38)43-26-19-17-25(18-20-26)36-34(40)30(22-27-12-9-21-42-27)37-33(39)24-10-3-2-4-11-24/h2-23H,1H3,(H,36,40)(H,37,39)/b30-22-. The number of amides is 2. The van der Waals surface area contributed by atoms with Crippen molar-refractivity contribution in [3.05, 3.63) is 137 Å². The van der Waals surface area contributed by atoms with E-state index in [1.807, 2.05) is 95.7 Å². The highest BCUT2D eigenvalue weighted by Crippen LogP contribution is 2.32. The number of thiophene rings is 1. The Morgan fingerprint density at radius 3 is 2.02 bits per heavy atom. The molecule has 0 bridgehead atoms. The second-order valence-corrected chi connectivity index (χ2v) is 12.2. The molecule has 1 unspecified atom stereocenters. The summed E-state index contributed by atoms with van der Waals surface area (Å²) in [6.45, 7) is 1.91. The van der Waals surface area contributed by atoms with E-state index >= 15 is 0 Å². The molecule has 0 saturated carbocycles. The van der Waals surface area contributed by atoms with Crippen molar-refractivity contribution in [3.63, 3.8) is 0 Å². The van der Waals surface area contributed by atoms with Crippen LogP contribution in [0.15, 0.2) is 131 Å². The van der Waals surface area contributed by atoms with Crippen molar-refractivity contribution < 1.29 is 14.4 Å². The first-order valence-electron chi connectivity index (χ1n) is 13.7. The normalized spacial score (nSPS) is 12.3. The Morgan fingerprint density at radius 1 is 0.767 bits per heavy atom. The van der Waals surface area contributed by atoms with Crippen molar-refractivity contribution >= 4 is 74.4 Å². The molecule has 6 aromatic rings. The van der Waals surface area contributed by atoms with Gasteiger partial charge in [0.25, 0.3) is 11.8 Å². The highest BCUT2D eigenvalue weighted by molar-refractivity contribution is 8.00. The molecular formula is C35H27N3O3S2. The van der Waals surface area contributed by atoms with Crippen LogP contribution in [0.3, 0.4) is 0 Å². The van der Waals surface area contributed by atoms with Gasteiger partial charge >= 0.3 is 0 Å². The SMILES string of the molecule is CC(Sc1ccc(NC(=O)/C(=C/c2cccs2)NC(=O)c2ccccc2)cc1)C(=O)n1c2ccccc2c2ccccc21. The van der Waals surface area contributed by atoms with E-state index in [0.717, 1.165) is 31.6 Å². The van der Waals surface area contributed by atoms with E-state index < -0.39 is 5.91 Å². The minimum absolute atomic E-state index is 0.00251. The number of fused-ring (bicyclic) bond motifs is 3. The maximum Gasteiger partial charge on any atom is 0.272 e. The number of hydrogen-bond donors (Lipinski definition) is 2. The summed E-state index contributed by atoms with van der Waals surface area (Å²) >= 11 is 2.93. The molecule has 0 saturated heterocycles. The van der Waals surface area contributed by atoms with Gasteiger partial charge in [-0.3, -0.25) is 19.0 Å². The molecule has 0 aliphatic carbocycles. The van der Waals surface area contributed by atoms with Crippen LogP contribution in [0, 0.1) is 0 Å². The Bertz CT molecular complexity index is 1910. The number of carbonyl (C=O) groups excluding carboxylic acids is 3. The molecule has 0 spiro atoms. The van der Waals surface area contributed by atoms with Crippen molar-refractivity contribution in [1.29, 1.82) is 0 Å². The Labute approximate surface area is 257 Å². The molecule has 0 radical (unpaired) electrons. The third kappa shape index (κ3) is 6.16. The third-order valence-electron chi connectivity index (χ3n) is 6.93. The molecule has 8 heteroatoms. The maximum atomic E-state index is 13.7. The number of anilines is 1. The monoisotopic (exact) mass is 601 g/mol. The zero-order valence-electron chi connectivity index (χ0n) is 23.2. The number of para-hydroxylation sites is 2. The van der Waals surface area contributed by atoms with E-state index in [0.29, 0.717) is 11.3 Å². The lowest BCUT2D eigenvalue weighted by molar-refractivity contribution is -0.113. The summed E-state index contributed by atoms with van der Waals surface area (Å²) in [7, 11) is 0. The summed E-state index contributed by atoms with van der Waals surface area (Å²) < 4.78 is 1.81. The first-order chi connectivity index (χ1) is 21.0. The number of carbonyl (C=O) groups is 3. The minimum Gasteiger partial charge on any atom is -0.321 e. The van der Waals surface area contributed by atoms with Crippen molar-refractivity contribution in [1.82, 2.24) is 9.88 Å². The van der Waals surface area contributed by atoms with Gasteiger partial charge in [-0.05, 0) is 73.0 Å². The molecule has 6 rings (SSSR count). The summed E-state index contributed by atoms with van der Waals surface area (Å²) in [6.07, 6.45) is 1.66. The molecule has 2 aromatic heterocycles. The summed E-state index contributed by atoms with van der Waals surface area (Å²) in [6, 6.07) is 35.8. The zero-order valence-corrected chi connectivity index (χ0v) is 24.8. The smallest absolute Gasteiger partial charge is 0.272 e. The van der Waals surface area contributed by atoms with E-state index in [2.05, 4.69) is 10.6 Å². The van der Waals surface area contributed by atoms with Gasteiger partial charge in [0.2, 0.25) is 5.91 Å². The van der Waals surface area contributed by atoms with Gasteiger partial charge in [0.05, 0.1) is 16.3 Å². The molecule has 6 nitrogen and oxygen atoms in total. The van der Waals surface area contributed by atoms with Gasteiger partial charge < -0.3 is 10.6 Å². The molecule has 43 heavy (non-hydrogen) atoms. The van der Waals surface area contributed by atoms with E-state index in [9.17, 15) is 14.4 Å². The largest absolute Gasteiger partial charge is 0.321 e. The van der Waals surface area contributed by atoms with Gasteiger partial charge in [-0.25, -0.2) is 0 Å². The van der Waals surface area contributed by atoms with Crippen molar-refractivity contribution in [2.24, 2.45) is 0 Å². The van der Waals surface area contributed by atoms with Crippen LogP contribution >= 0.6 is 23.1 Å². The van der Waals surface area contributed by atoms with E-state index in [1.165, 1.54) is 23.1 Å². The number of aromatic nitrogens is 1. The maximum absolute atomic E-state index is 13.7. The Balaban J connectivity index is 1.16. The lowest BCUT2D eigenvalue weighted by atomic mass is 10.2. The first-order valence-corrected chi connectivity index (χ1v) is 15.5. The Morgan fingerprint density at radius 2 is 1.40 bits per heavy atom. The molecule has 2 N–H and O–H groups in total. The van der Waals surface area contributed by atoms with Crippen LogP contribution in [-0.2, 0) is 4.79 Å². The van der Waals surface area contributed by atoms with Crippen LogP contribution in [0.1, 0.15) is 27.0 Å². The second-order valence-electron chi connectivity index (χ2n) is 9.84. The molecule has 212 valence electrons. The Kier molecular flexibility index (Phi) is 8.22. The van der Waals surface area contributed by atoms with Gasteiger partial charge in [-0.1, -0.05) is 60.7 Å². The second kappa shape index (κ2) is 12.5. The van der Waals surface area contributed by atoms with Gasteiger partial charge in [-0.2, -0.15) is 0 Å². The van der Waals surface area contributed by atoms with Crippen LogP contribution in [0.5, 0.6) is 0 Å².